The van der Waals surface area contributed by atoms with Crippen LogP contribution in [0.5, 0.6) is 5.75 Å². The van der Waals surface area contributed by atoms with Gasteiger partial charge in [0, 0.05) is 23.5 Å². The molecular weight excluding hydrogens is 330 g/mol. The van der Waals surface area contributed by atoms with E-state index in [0.717, 1.165) is 5.56 Å². The summed E-state index contributed by atoms with van der Waals surface area (Å²) >= 11 is 0. The molecule has 0 amide bonds. The zero-order chi connectivity index (χ0) is 18.5. The van der Waals surface area contributed by atoms with Crippen LogP contribution in [0.1, 0.15) is 18.7 Å². The Morgan fingerprint density at radius 2 is 2.00 bits per heavy atom. The summed E-state index contributed by atoms with van der Waals surface area (Å²) in [5.41, 5.74) is 1.75. The van der Waals surface area contributed by atoms with Gasteiger partial charge in [-0.15, -0.1) is 0 Å². The lowest BCUT2D eigenvalue weighted by atomic mass is 10.1. The number of hydrogen-bond donors (Lipinski definition) is 0. The quantitative estimate of drug-likeness (QED) is 0.684. The van der Waals surface area contributed by atoms with Crippen molar-refractivity contribution in [1.82, 2.24) is 14.8 Å². The number of benzene rings is 1. The molecule has 132 valence electrons. The highest BCUT2D eigenvalue weighted by Crippen LogP contribution is 2.21. The van der Waals surface area contributed by atoms with Gasteiger partial charge in [-0.1, -0.05) is 18.2 Å². The molecule has 0 spiro atoms. The molecule has 1 atom stereocenters. The maximum atomic E-state index is 12.6. The van der Waals surface area contributed by atoms with E-state index < -0.39 is 6.04 Å². The van der Waals surface area contributed by atoms with Crippen molar-refractivity contribution in [2.45, 2.75) is 19.4 Å². The lowest BCUT2D eigenvalue weighted by Crippen LogP contribution is -2.31. The fraction of sp³-hybridized carbons (Fsp3) is 0.200. The largest absolute Gasteiger partial charge is 0.497 e. The predicted molar refractivity (Wildman–Crippen MR) is 98.1 cm³/mol. The van der Waals surface area contributed by atoms with Crippen molar-refractivity contribution in [2.24, 2.45) is 0 Å². The standard InChI is InChI=1S/C20H19N3O3/c1-14(19(24)13-16-7-3-4-11-21-16)23-20(25)10-9-18(22-23)15-6-5-8-17(12-15)26-2/h3-12,14H,13H2,1-2H3. The Hall–Kier alpha value is -3.28. The van der Waals surface area contributed by atoms with Crippen LogP contribution in [0.25, 0.3) is 11.3 Å². The van der Waals surface area contributed by atoms with Gasteiger partial charge < -0.3 is 4.74 Å². The average molecular weight is 349 g/mol. The van der Waals surface area contributed by atoms with Crippen LogP contribution in [0.15, 0.2) is 65.6 Å². The second-order valence-corrected chi connectivity index (χ2v) is 5.87. The zero-order valence-electron chi connectivity index (χ0n) is 14.6. The minimum absolute atomic E-state index is 0.124. The van der Waals surface area contributed by atoms with Gasteiger partial charge in [0.25, 0.3) is 5.56 Å². The minimum Gasteiger partial charge on any atom is -0.497 e. The number of ether oxygens (including phenoxy) is 1. The first-order chi connectivity index (χ1) is 12.6. The number of nitrogens with zero attached hydrogens (tertiary/aromatic N) is 3. The molecule has 3 aromatic rings. The van der Waals surface area contributed by atoms with E-state index in [1.54, 1.807) is 38.4 Å². The molecule has 0 aliphatic heterocycles. The molecule has 0 saturated heterocycles. The minimum atomic E-state index is -0.685. The summed E-state index contributed by atoms with van der Waals surface area (Å²) < 4.78 is 6.45. The zero-order valence-corrected chi connectivity index (χ0v) is 14.6. The van der Waals surface area contributed by atoms with Gasteiger partial charge in [0.15, 0.2) is 5.78 Å². The smallest absolute Gasteiger partial charge is 0.267 e. The third-order valence-electron chi connectivity index (χ3n) is 4.10. The number of aromatic nitrogens is 3. The van der Waals surface area contributed by atoms with Crippen LogP contribution in [0, 0.1) is 0 Å². The number of methoxy groups -OCH3 is 1. The maximum Gasteiger partial charge on any atom is 0.267 e. The first-order valence-corrected chi connectivity index (χ1v) is 8.25. The van der Waals surface area contributed by atoms with Gasteiger partial charge in [-0.3, -0.25) is 14.6 Å². The highest BCUT2D eigenvalue weighted by atomic mass is 16.5. The monoisotopic (exact) mass is 349 g/mol. The second-order valence-electron chi connectivity index (χ2n) is 5.87. The van der Waals surface area contributed by atoms with Crippen molar-refractivity contribution in [2.75, 3.05) is 7.11 Å². The van der Waals surface area contributed by atoms with Crippen LogP contribution in [-0.2, 0) is 11.2 Å². The van der Waals surface area contributed by atoms with E-state index in [0.29, 0.717) is 17.1 Å². The van der Waals surface area contributed by atoms with Gasteiger partial charge >= 0.3 is 0 Å². The molecule has 1 aromatic carbocycles. The van der Waals surface area contributed by atoms with Gasteiger partial charge in [-0.2, -0.15) is 5.10 Å². The van der Waals surface area contributed by atoms with Gasteiger partial charge in [-0.25, -0.2) is 4.68 Å². The number of pyridine rings is 1. The van der Waals surface area contributed by atoms with Gasteiger partial charge in [-0.05, 0) is 37.3 Å². The third kappa shape index (κ3) is 3.85. The summed E-state index contributed by atoms with van der Waals surface area (Å²) in [6.07, 6.45) is 1.79. The number of rotatable bonds is 6. The van der Waals surface area contributed by atoms with Crippen molar-refractivity contribution in [3.05, 3.63) is 76.8 Å². The van der Waals surface area contributed by atoms with Crippen molar-refractivity contribution >= 4 is 5.78 Å². The fourth-order valence-electron chi connectivity index (χ4n) is 2.60. The highest BCUT2D eigenvalue weighted by Gasteiger charge is 2.19. The van der Waals surface area contributed by atoms with Crippen LogP contribution in [0.3, 0.4) is 0 Å². The Morgan fingerprint density at radius 3 is 2.73 bits per heavy atom. The van der Waals surface area contributed by atoms with Crippen molar-refractivity contribution in [1.29, 1.82) is 0 Å². The van der Waals surface area contributed by atoms with Crippen LogP contribution in [-0.4, -0.2) is 27.7 Å². The molecule has 26 heavy (non-hydrogen) atoms. The van der Waals surface area contributed by atoms with Crippen LogP contribution in [0.4, 0.5) is 0 Å². The number of ketones is 1. The van der Waals surface area contributed by atoms with Crippen molar-refractivity contribution in [3.8, 4) is 17.0 Å². The molecule has 3 rings (SSSR count). The average Bonchev–Trinajstić information content (AvgIpc) is 2.68. The van der Waals surface area contributed by atoms with E-state index in [4.69, 9.17) is 4.74 Å². The summed E-state index contributed by atoms with van der Waals surface area (Å²) in [6.45, 7) is 1.68. The highest BCUT2D eigenvalue weighted by molar-refractivity contribution is 5.84. The molecule has 6 nitrogen and oxygen atoms in total. The van der Waals surface area contributed by atoms with Gasteiger partial charge in [0.1, 0.15) is 11.8 Å². The Labute approximate surface area is 151 Å². The first-order valence-electron chi connectivity index (χ1n) is 8.25. The molecule has 1 unspecified atom stereocenters. The third-order valence-corrected chi connectivity index (χ3v) is 4.10. The summed E-state index contributed by atoms with van der Waals surface area (Å²) in [7, 11) is 1.59. The van der Waals surface area contributed by atoms with E-state index in [1.165, 1.54) is 10.7 Å². The second kappa shape index (κ2) is 7.74. The molecular formula is C20H19N3O3. The molecule has 2 aromatic heterocycles. The SMILES string of the molecule is COc1cccc(-c2ccc(=O)n(C(C)C(=O)Cc3ccccn3)n2)c1. The van der Waals surface area contributed by atoms with Crippen LogP contribution in [0.2, 0.25) is 0 Å². The van der Waals surface area contributed by atoms with Crippen molar-refractivity contribution in [3.63, 3.8) is 0 Å². The molecule has 0 N–H and O–H groups in total. The lowest BCUT2D eigenvalue weighted by Gasteiger charge is -2.14. The fourth-order valence-corrected chi connectivity index (χ4v) is 2.60. The van der Waals surface area contributed by atoms with E-state index in [-0.39, 0.29) is 17.8 Å². The maximum absolute atomic E-state index is 12.6. The van der Waals surface area contributed by atoms with Gasteiger partial charge in [0.2, 0.25) is 0 Å². The van der Waals surface area contributed by atoms with Gasteiger partial charge in [0.05, 0.1) is 19.2 Å². The number of carbonyl (C=O) groups is 1. The molecule has 0 aliphatic rings. The molecule has 0 bridgehead atoms. The predicted octanol–water partition coefficient (Wildman–Crippen LogP) is 2.69. The number of hydrogen-bond acceptors (Lipinski definition) is 5. The van der Waals surface area contributed by atoms with Crippen LogP contribution >= 0.6 is 0 Å². The number of Topliss-reactive ketones (excluding diaryl/α,β-unsaturated/α-hetero) is 1. The van der Waals surface area contributed by atoms with E-state index in [1.807, 2.05) is 30.3 Å². The summed E-state index contributed by atoms with van der Waals surface area (Å²) in [6, 6.07) is 15.2. The molecule has 2 heterocycles. The molecule has 0 radical (unpaired) electrons. The Kier molecular flexibility index (Phi) is 5.22. The summed E-state index contributed by atoms with van der Waals surface area (Å²) in [5, 5.41) is 4.39. The topological polar surface area (TPSA) is 74.1 Å². The molecule has 0 aliphatic carbocycles. The summed E-state index contributed by atoms with van der Waals surface area (Å²) in [4.78, 5) is 28.9. The lowest BCUT2D eigenvalue weighted by molar-refractivity contribution is -0.121. The van der Waals surface area contributed by atoms with Crippen LogP contribution < -0.4 is 10.3 Å². The number of carbonyl (C=O) groups excluding carboxylic acids is 1. The summed E-state index contributed by atoms with van der Waals surface area (Å²) in [5.74, 6) is 0.572. The first kappa shape index (κ1) is 17.5. The molecule has 6 heteroatoms. The van der Waals surface area contributed by atoms with E-state index >= 15 is 0 Å². The van der Waals surface area contributed by atoms with E-state index in [2.05, 4.69) is 10.1 Å². The normalized spacial score (nSPS) is 11.8. The molecule has 0 saturated carbocycles. The Morgan fingerprint density at radius 1 is 1.15 bits per heavy atom. The van der Waals surface area contributed by atoms with Crippen molar-refractivity contribution < 1.29 is 9.53 Å². The van der Waals surface area contributed by atoms with E-state index in [9.17, 15) is 9.59 Å². The molecule has 0 fully saturated rings. The Bertz CT molecular complexity index is 967. The Balaban J connectivity index is 1.89.